The number of rotatable bonds is 6. The smallest absolute Gasteiger partial charge is 0.326 e. The summed E-state index contributed by atoms with van der Waals surface area (Å²) in [7, 11) is 2.12. The molecule has 20 heavy (non-hydrogen) atoms. The second kappa shape index (κ2) is 8.09. The summed E-state index contributed by atoms with van der Waals surface area (Å²) < 4.78 is 0. The highest BCUT2D eigenvalue weighted by atomic mass is 16.4. The number of likely N-dealkylation sites (tertiary alicyclic amines) is 1. The lowest BCUT2D eigenvalue weighted by atomic mass is 9.94. The summed E-state index contributed by atoms with van der Waals surface area (Å²) in [6, 6.07) is -1.22. The molecule has 3 N–H and O–H groups in total. The molecule has 2 amide bonds. The van der Waals surface area contributed by atoms with Crippen molar-refractivity contribution in [3.05, 3.63) is 0 Å². The van der Waals surface area contributed by atoms with E-state index in [0.29, 0.717) is 12.5 Å². The van der Waals surface area contributed by atoms with Crippen molar-refractivity contribution in [3.63, 3.8) is 0 Å². The summed E-state index contributed by atoms with van der Waals surface area (Å²) in [4.78, 5) is 25.0. The molecule has 0 unspecified atom stereocenters. The quantitative estimate of drug-likeness (QED) is 0.683. The van der Waals surface area contributed by atoms with Gasteiger partial charge in [-0.15, -0.1) is 0 Å². The maximum absolute atomic E-state index is 11.7. The normalized spacial score (nSPS) is 18.8. The van der Waals surface area contributed by atoms with Crippen LogP contribution in [0.15, 0.2) is 0 Å². The largest absolute Gasteiger partial charge is 0.480 e. The first-order valence-electron chi connectivity index (χ1n) is 7.36. The van der Waals surface area contributed by atoms with E-state index in [-0.39, 0.29) is 11.9 Å². The van der Waals surface area contributed by atoms with Crippen LogP contribution in [-0.2, 0) is 4.79 Å². The fourth-order valence-electron chi connectivity index (χ4n) is 2.45. The molecule has 6 nitrogen and oxygen atoms in total. The topological polar surface area (TPSA) is 81.7 Å². The predicted molar refractivity (Wildman–Crippen MR) is 77.6 cm³/mol. The molecule has 0 spiro atoms. The van der Waals surface area contributed by atoms with Crippen LogP contribution in [-0.4, -0.2) is 54.7 Å². The first-order valence-corrected chi connectivity index (χ1v) is 7.36. The third-order valence-corrected chi connectivity index (χ3v) is 3.90. The van der Waals surface area contributed by atoms with Crippen LogP contribution < -0.4 is 10.6 Å². The average molecular weight is 285 g/mol. The second-order valence-electron chi connectivity index (χ2n) is 6.00. The molecule has 0 saturated carbocycles. The Bertz CT molecular complexity index is 326. The fraction of sp³-hybridized carbons (Fsp3) is 0.857. The number of carboxylic acid groups (broad SMARTS) is 1. The molecule has 6 heteroatoms. The van der Waals surface area contributed by atoms with Gasteiger partial charge in [0.25, 0.3) is 0 Å². The second-order valence-corrected chi connectivity index (χ2v) is 6.00. The van der Waals surface area contributed by atoms with E-state index in [1.165, 1.54) is 12.8 Å². The molecule has 1 heterocycles. The summed E-state index contributed by atoms with van der Waals surface area (Å²) in [5.74, 6) is -0.468. The number of carbonyl (C=O) groups excluding carboxylic acids is 1. The lowest BCUT2D eigenvalue weighted by Gasteiger charge is -2.29. The van der Waals surface area contributed by atoms with Gasteiger partial charge < -0.3 is 20.6 Å². The Morgan fingerprint density at radius 3 is 2.40 bits per heavy atom. The maximum atomic E-state index is 11.7. The van der Waals surface area contributed by atoms with Crippen LogP contribution in [0.4, 0.5) is 4.79 Å². The van der Waals surface area contributed by atoms with Crippen molar-refractivity contribution in [1.29, 1.82) is 0 Å². The molecule has 1 aliphatic heterocycles. The molecular weight excluding hydrogens is 258 g/mol. The van der Waals surface area contributed by atoms with Gasteiger partial charge in [-0.25, -0.2) is 9.59 Å². The Hall–Kier alpha value is -1.30. The van der Waals surface area contributed by atoms with Crippen molar-refractivity contribution < 1.29 is 14.7 Å². The number of urea groups is 1. The highest BCUT2D eigenvalue weighted by Gasteiger charge is 2.23. The number of hydrogen-bond acceptors (Lipinski definition) is 3. The summed E-state index contributed by atoms with van der Waals surface area (Å²) in [6.07, 6.45) is 3.30. The van der Waals surface area contributed by atoms with Crippen molar-refractivity contribution >= 4 is 12.0 Å². The predicted octanol–water partition coefficient (Wildman–Crippen LogP) is 1.13. The van der Waals surface area contributed by atoms with Crippen LogP contribution in [0.25, 0.3) is 0 Å². The first-order chi connectivity index (χ1) is 9.40. The van der Waals surface area contributed by atoms with Gasteiger partial charge in [0, 0.05) is 6.54 Å². The highest BCUT2D eigenvalue weighted by Crippen LogP contribution is 2.18. The Labute approximate surface area is 120 Å². The van der Waals surface area contributed by atoms with Crippen LogP contribution in [0.2, 0.25) is 0 Å². The number of amides is 2. The number of nitrogens with zero attached hydrogens (tertiary/aromatic N) is 1. The van der Waals surface area contributed by atoms with Crippen molar-refractivity contribution in [1.82, 2.24) is 15.5 Å². The summed E-state index contributed by atoms with van der Waals surface area (Å²) in [5, 5.41) is 14.3. The molecule has 1 rings (SSSR count). The molecule has 0 aromatic heterocycles. The number of carboxylic acids is 1. The van der Waals surface area contributed by atoms with Crippen LogP contribution in [0.3, 0.4) is 0 Å². The third kappa shape index (κ3) is 5.77. The fourth-order valence-corrected chi connectivity index (χ4v) is 2.45. The minimum absolute atomic E-state index is 0.132. The van der Waals surface area contributed by atoms with Crippen LogP contribution in [0.1, 0.15) is 33.1 Å². The van der Waals surface area contributed by atoms with Crippen LogP contribution in [0.5, 0.6) is 0 Å². The van der Waals surface area contributed by atoms with E-state index in [1.54, 1.807) is 13.8 Å². The molecule has 116 valence electrons. The minimum atomic E-state index is -0.995. The molecule has 1 atom stereocenters. The van der Waals surface area contributed by atoms with Gasteiger partial charge in [-0.3, -0.25) is 0 Å². The van der Waals surface area contributed by atoms with Crippen molar-refractivity contribution in [2.24, 2.45) is 11.8 Å². The van der Waals surface area contributed by atoms with Gasteiger partial charge in [-0.05, 0) is 51.2 Å². The monoisotopic (exact) mass is 285 g/mol. The Kier molecular flexibility index (Phi) is 6.78. The van der Waals surface area contributed by atoms with Gasteiger partial charge in [-0.1, -0.05) is 13.8 Å². The average Bonchev–Trinajstić information content (AvgIpc) is 2.37. The third-order valence-electron chi connectivity index (χ3n) is 3.90. The molecule has 1 saturated heterocycles. The minimum Gasteiger partial charge on any atom is -0.480 e. The molecule has 1 aliphatic rings. The SMILES string of the molecule is CC(C)[C@@H](NC(=O)NCCC1CCN(C)CC1)C(=O)O. The van der Waals surface area contributed by atoms with Gasteiger partial charge >= 0.3 is 12.0 Å². The molecular formula is C14H27N3O3. The van der Waals surface area contributed by atoms with E-state index in [4.69, 9.17) is 5.11 Å². The van der Waals surface area contributed by atoms with Crippen molar-refractivity contribution in [3.8, 4) is 0 Å². The van der Waals surface area contributed by atoms with Gasteiger partial charge in [0.15, 0.2) is 0 Å². The molecule has 0 aromatic carbocycles. The number of hydrogen-bond donors (Lipinski definition) is 3. The van der Waals surface area contributed by atoms with E-state index in [0.717, 1.165) is 19.5 Å². The van der Waals surface area contributed by atoms with Crippen molar-refractivity contribution in [2.75, 3.05) is 26.7 Å². The zero-order valence-electron chi connectivity index (χ0n) is 12.7. The number of aliphatic carboxylic acids is 1. The maximum Gasteiger partial charge on any atom is 0.326 e. The Morgan fingerprint density at radius 2 is 1.90 bits per heavy atom. The number of nitrogens with one attached hydrogen (secondary N) is 2. The summed E-state index contributed by atoms with van der Waals surface area (Å²) in [6.45, 7) is 6.39. The van der Waals surface area contributed by atoms with Crippen molar-refractivity contribution in [2.45, 2.75) is 39.2 Å². The van der Waals surface area contributed by atoms with Crippen LogP contribution >= 0.6 is 0 Å². The Morgan fingerprint density at radius 1 is 1.30 bits per heavy atom. The van der Waals surface area contributed by atoms with Gasteiger partial charge in [0.2, 0.25) is 0 Å². The first kappa shape index (κ1) is 16.8. The van der Waals surface area contributed by atoms with Gasteiger partial charge in [0.05, 0.1) is 0 Å². The lowest BCUT2D eigenvalue weighted by molar-refractivity contribution is -0.140. The molecule has 0 bridgehead atoms. The molecule has 1 fully saturated rings. The zero-order valence-corrected chi connectivity index (χ0v) is 12.7. The van der Waals surface area contributed by atoms with E-state index in [2.05, 4.69) is 22.6 Å². The van der Waals surface area contributed by atoms with Gasteiger partial charge in [0.1, 0.15) is 6.04 Å². The van der Waals surface area contributed by atoms with Crippen LogP contribution in [0, 0.1) is 11.8 Å². The molecule has 0 radical (unpaired) electrons. The molecule has 0 aromatic rings. The lowest BCUT2D eigenvalue weighted by Crippen LogP contribution is -2.49. The van der Waals surface area contributed by atoms with E-state index in [9.17, 15) is 9.59 Å². The summed E-state index contributed by atoms with van der Waals surface area (Å²) in [5.41, 5.74) is 0. The number of piperidine rings is 1. The van der Waals surface area contributed by atoms with E-state index in [1.807, 2.05) is 0 Å². The highest BCUT2D eigenvalue weighted by molar-refractivity contribution is 5.82. The Balaban J connectivity index is 2.21. The van der Waals surface area contributed by atoms with E-state index < -0.39 is 12.0 Å². The standard InChI is InChI=1S/C14H27N3O3/c1-10(2)12(13(18)19)16-14(20)15-7-4-11-5-8-17(3)9-6-11/h10-12H,4-9H2,1-3H3,(H,18,19)(H2,15,16,20)/t12-/m1/s1. The zero-order chi connectivity index (χ0) is 15.1. The van der Waals surface area contributed by atoms with E-state index >= 15 is 0 Å². The summed E-state index contributed by atoms with van der Waals surface area (Å²) >= 11 is 0. The number of carbonyl (C=O) groups is 2. The molecule has 0 aliphatic carbocycles. The van der Waals surface area contributed by atoms with Gasteiger partial charge in [-0.2, -0.15) is 0 Å².